The van der Waals surface area contributed by atoms with E-state index in [1.807, 2.05) is 6.07 Å². The Hall–Kier alpha value is -1.82. The van der Waals surface area contributed by atoms with Crippen LogP contribution < -0.4 is 0 Å². The first kappa shape index (κ1) is 12.6. The minimum atomic E-state index is -0.279. The van der Waals surface area contributed by atoms with Gasteiger partial charge in [-0.25, -0.2) is 4.79 Å². The number of nitrogens with zero attached hydrogens (tertiary/aromatic N) is 1. The summed E-state index contributed by atoms with van der Waals surface area (Å²) in [6.07, 6.45) is 4.34. The summed E-state index contributed by atoms with van der Waals surface area (Å²) in [6.45, 7) is 2.20. The summed E-state index contributed by atoms with van der Waals surface area (Å²) in [7, 11) is 0. The molecule has 94 valence electrons. The summed E-state index contributed by atoms with van der Waals surface area (Å²) in [5.74, 6) is 0.358. The van der Waals surface area contributed by atoms with Crippen LogP contribution in [0.1, 0.15) is 48.5 Å². The second kappa shape index (κ2) is 5.68. The second-order valence-electron chi connectivity index (χ2n) is 4.99. The molecule has 0 spiro atoms. The van der Waals surface area contributed by atoms with Crippen LogP contribution in [0, 0.1) is 17.2 Å². The minimum absolute atomic E-state index is 0.0527. The van der Waals surface area contributed by atoms with Gasteiger partial charge < -0.3 is 4.74 Å². The lowest BCUT2D eigenvalue weighted by Crippen LogP contribution is -2.24. The van der Waals surface area contributed by atoms with Crippen LogP contribution in [-0.2, 0) is 4.74 Å². The van der Waals surface area contributed by atoms with Gasteiger partial charge in [-0.1, -0.05) is 13.3 Å². The van der Waals surface area contributed by atoms with Gasteiger partial charge in [0.2, 0.25) is 0 Å². The van der Waals surface area contributed by atoms with Crippen molar-refractivity contribution in [3.63, 3.8) is 0 Å². The molecule has 0 heterocycles. The lowest BCUT2D eigenvalue weighted by Gasteiger charge is -2.26. The normalized spacial score (nSPS) is 23.1. The van der Waals surface area contributed by atoms with E-state index in [-0.39, 0.29) is 12.1 Å². The lowest BCUT2D eigenvalue weighted by atomic mass is 9.89. The van der Waals surface area contributed by atoms with Crippen LogP contribution in [0.4, 0.5) is 0 Å². The summed E-state index contributed by atoms with van der Waals surface area (Å²) in [5.41, 5.74) is 1.07. The van der Waals surface area contributed by atoms with E-state index >= 15 is 0 Å². The fraction of sp³-hybridized carbons (Fsp3) is 0.467. The molecule has 2 atom stereocenters. The number of nitriles is 1. The van der Waals surface area contributed by atoms with Gasteiger partial charge in [-0.05, 0) is 49.4 Å². The fourth-order valence-electron chi connectivity index (χ4n) is 2.39. The maximum Gasteiger partial charge on any atom is 0.338 e. The molecule has 1 aromatic rings. The predicted molar refractivity (Wildman–Crippen MR) is 68.0 cm³/mol. The van der Waals surface area contributed by atoms with Gasteiger partial charge in [0.05, 0.1) is 17.2 Å². The molecular weight excluding hydrogens is 226 g/mol. The highest BCUT2D eigenvalue weighted by molar-refractivity contribution is 5.89. The van der Waals surface area contributed by atoms with E-state index < -0.39 is 0 Å². The van der Waals surface area contributed by atoms with E-state index in [2.05, 4.69) is 6.92 Å². The third-order valence-electron chi connectivity index (χ3n) is 3.41. The highest BCUT2D eigenvalue weighted by atomic mass is 16.5. The van der Waals surface area contributed by atoms with E-state index in [1.165, 1.54) is 6.42 Å². The average Bonchev–Trinajstić information content (AvgIpc) is 2.39. The summed E-state index contributed by atoms with van der Waals surface area (Å²) in [6, 6.07) is 8.60. The van der Waals surface area contributed by atoms with Gasteiger partial charge in [0.15, 0.2) is 0 Å². The minimum Gasteiger partial charge on any atom is -0.459 e. The van der Waals surface area contributed by atoms with Gasteiger partial charge in [0.1, 0.15) is 6.10 Å². The SMILES string of the molecule is CC1CCCC(OC(=O)c2ccc(C#N)cc2)C1. The largest absolute Gasteiger partial charge is 0.459 e. The van der Waals surface area contributed by atoms with Crippen molar-refractivity contribution in [2.24, 2.45) is 5.92 Å². The van der Waals surface area contributed by atoms with Crippen LogP contribution in [0.25, 0.3) is 0 Å². The maximum atomic E-state index is 11.9. The van der Waals surface area contributed by atoms with Gasteiger partial charge in [0.25, 0.3) is 0 Å². The van der Waals surface area contributed by atoms with Crippen molar-refractivity contribution < 1.29 is 9.53 Å². The van der Waals surface area contributed by atoms with Gasteiger partial charge >= 0.3 is 5.97 Å². The van der Waals surface area contributed by atoms with E-state index in [0.29, 0.717) is 17.0 Å². The Morgan fingerprint density at radius 1 is 1.33 bits per heavy atom. The first-order valence-electron chi connectivity index (χ1n) is 6.40. The lowest BCUT2D eigenvalue weighted by molar-refractivity contribution is 0.0155. The fourth-order valence-corrected chi connectivity index (χ4v) is 2.39. The number of carbonyl (C=O) groups is 1. The number of rotatable bonds is 2. The quantitative estimate of drug-likeness (QED) is 0.749. The highest BCUT2D eigenvalue weighted by Crippen LogP contribution is 2.26. The van der Waals surface area contributed by atoms with Crippen LogP contribution in [0.2, 0.25) is 0 Å². The second-order valence-corrected chi connectivity index (χ2v) is 4.99. The number of carbonyl (C=O) groups excluding carboxylic acids is 1. The van der Waals surface area contributed by atoms with Crippen LogP contribution in [0.5, 0.6) is 0 Å². The molecule has 0 saturated heterocycles. The molecule has 2 rings (SSSR count). The summed E-state index contributed by atoms with van der Waals surface area (Å²) in [4.78, 5) is 11.9. The molecule has 0 radical (unpaired) electrons. The Balaban J connectivity index is 1.96. The zero-order valence-corrected chi connectivity index (χ0v) is 10.6. The molecular formula is C15H17NO2. The third kappa shape index (κ3) is 3.10. The standard InChI is InChI=1S/C15H17NO2/c1-11-3-2-4-14(9-11)18-15(17)13-7-5-12(10-16)6-8-13/h5-8,11,14H,2-4,9H2,1H3. The average molecular weight is 243 g/mol. The topological polar surface area (TPSA) is 50.1 Å². The molecule has 1 aromatic carbocycles. The van der Waals surface area contributed by atoms with Gasteiger partial charge in [-0.15, -0.1) is 0 Å². The first-order chi connectivity index (χ1) is 8.69. The maximum absolute atomic E-state index is 11.9. The van der Waals surface area contributed by atoms with Crippen molar-refractivity contribution in [3.05, 3.63) is 35.4 Å². The zero-order valence-electron chi connectivity index (χ0n) is 10.6. The molecule has 0 N–H and O–H groups in total. The zero-order chi connectivity index (χ0) is 13.0. The van der Waals surface area contributed by atoms with Crippen molar-refractivity contribution in [2.75, 3.05) is 0 Å². The Morgan fingerprint density at radius 2 is 2.06 bits per heavy atom. The van der Waals surface area contributed by atoms with Crippen molar-refractivity contribution in [3.8, 4) is 6.07 Å². The first-order valence-corrected chi connectivity index (χ1v) is 6.40. The van der Waals surface area contributed by atoms with Crippen molar-refractivity contribution >= 4 is 5.97 Å². The van der Waals surface area contributed by atoms with Crippen molar-refractivity contribution in [2.45, 2.75) is 38.7 Å². The molecule has 1 fully saturated rings. The van der Waals surface area contributed by atoms with Crippen LogP contribution in [0.3, 0.4) is 0 Å². The van der Waals surface area contributed by atoms with Crippen molar-refractivity contribution in [1.82, 2.24) is 0 Å². The number of hydrogen-bond acceptors (Lipinski definition) is 3. The Morgan fingerprint density at radius 3 is 2.67 bits per heavy atom. The third-order valence-corrected chi connectivity index (χ3v) is 3.41. The molecule has 1 aliphatic rings. The van der Waals surface area contributed by atoms with E-state index in [1.54, 1.807) is 24.3 Å². The molecule has 3 heteroatoms. The van der Waals surface area contributed by atoms with E-state index in [0.717, 1.165) is 19.3 Å². The summed E-state index contributed by atoms with van der Waals surface area (Å²) >= 11 is 0. The van der Waals surface area contributed by atoms with Crippen molar-refractivity contribution in [1.29, 1.82) is 5.26 Å². The number of hydrogen-bond donors (Lipinski definition) is 0. The molecule has 0 aromatic heterocycles. The van der Waals surface area contributed by atoms with E-state index in [4.69, 9.17) is 10.00 Å². The molecule has 2 unspecified atom stereocenters. The number of benzene rings is 1. The molecule has 0 bridgehead atoms. The molecule has 0 amide bonds. The molecule has 1 saturated carbocycles. The Labute approximate surface area is 107 Å². The molecule has 0 aliphatic heterocycles. The Kier molecular flexibility index (Phi) is 3.99. The van der Waals surface area contributed by atoms with Gasteiger partial charge in [0, 0.05) is 0 Å². The van der Waals surface area contributed by atoms with E-state index in [9.17, 15) is 4.79 Å². The molecule has 18 heavy (non-hydrogen) atoms. The summed E-state index contributed by atoms with van der Waals surface area (Å²) in [5, 5.41) is 8.69. The smallest absolute Gasteiger partial charge is 0.338 e. The van der Waals surface area contributed by atoms with Gasteiger partial charge in [-0.2, -0.15) is 5.26 Å². The Bertz CT molecular complexity index is 458. The molecule has 1 aliphatic carbocycles. The summed E-state index contributed by atoms with van der Waals surface area (Å²) < 4.78 is 5.50. The van der Waals surface area contributed by atoms with Crippen LogP contribution in [0.15, 0.2) is 24.3 Å². The van der Waals surface area contributed by atoms with Gasteiger partial charge in [-0.3, -0.25) is 0 Å². The van der Waals surface area contributed by atoms with Crippen LogP contribution in [-0.4, -0.2) is 12.1 Å². The predicted octanol–water partition coefficient (Wildman–Crippen LogP) is 3.29. The van der Waals surface area contributed by atoms with Crippen LogP contribution >= 0.6 is 0 Å². The number of esters is 1. The highest BCUT2D eigenvalue weighted by Gasteiger charge is 2.22. The monoisotopic (exact) mass is 243 g/mol. The molecule has 3 nitrogen and oxygen atoms in total. The number of ether oxygens (including phenoxy) is 1.